The van der Waals surface area contributed by atoms with Crippen molar-refractivity contribution in [2.75, 3.05) is 7.11 Å². The van der Waals surface area contributed by atoms with Gasteiger partial charge in [0.2, 0.25) is 5.91 Å². The molecule has 0 bridgehead atoms. The quantitative estimate of drug-likeness (QED) is 0.619. The van der Waals surface area contributed by atoms with Crippen molar-refractivity contribution in [2.45, 2.75) is 32.0 Å². The summed E-state index contributed by atoms with van der Waals surface area (Å²) in [6.45, 7) is -0.382. The van der Waals surface area contributed by atoms with Crippen molar-refractivity contribution in [3.8, 4) is 0 Å². The maximum absolute atomic E-state index is 11.7. The molecule has 1 fully saturated rings. The predicted molar refractivity (Wildman–Crippen MR) is 67.4 cm³/mol. The molecule has 1 saturated carbocycles. The molecule has 0 unspecified atom stereocenters. The van der Waals surface area contributed by atoms with Gasteiger partial charge in [-0.25, -0.2) is 14.3 Å². The molecule has 0 saturated heterocycles. The maximum Gasteiger partial charge on any atom is 0.358 e. The van der Waals surface area contributed by atoms with Crippen LogP contribution in [0.15, 0.2) is 0 Å². The molecule has 10 heteroatoms. The largest absolute Gasteiger partial charge is 0.476 e. The number of aromatic nitrogens is 3. The molecule has 0 spiro atoms. The van der Waals surface area contributed by atoms with E-state index in [4.69, 9.17) is 9.84 Å². The second-order valence-electron chi connectivity index (χ2n) is 4.58. The summed E-state index contributed by atoms with van der Waals surface area (Å²) in [5.74, 6) is -1.88. The molecule has 0 atom stereocenters. The third kappa shape index (κ3) is 3.99. The van der Waals surface area contributed by atoms with E-state index in [-0.39, 0.29) is 30.6 Å². The summed E-state index contributed by atoms with van der Waals surface area (Å²) in [6, 6.07) is -0.443. The maximum atomic E-state index is 11.7. The fourth-order valence-corrected chi connectivity index (χ4v) is 1.66. The summed E-state index contributed by atoms with van der Waals surface area (Å²) in [4.78, 5) is 34.1. The first-order valence-corrected chi connectivity index (χ1v) is 6.26. The zero-order chi connectivity index (χ0) is 15.4. The zero-order valence-electron chi connectivity index (χ0n) is 11.3. The number of methoxy groups -OCH3 is 1. The number of hydrogen-bond donors (Lipinski definition) is 3. The molecular formula is C11H15N5O5. The summed E-state index contributed by atoms with van der Waals surface area (Å²) >= 11 is 0. The van der Waals surface area contributed by atoms with E-state index < -0.39 is 17.9 Å². The lowest BCUT2D eigenvalue weighted by molar-refractivity contribution is -0.120. The van der Waals surface area contributed by atoms with Crippen molar-refractivity contribution >= 4 is 17.9 Å². The molecule has 10 nitrogen and oxygen atoms in total. The first-order valence-electron chi connectivity index (χ1n) is 6.26. The summed E-state index contributed by atoms with van der Waals surface area (Å²) in [5.41, 5.74) is -0.130. The van der Waals surface area contributed by atoms with Gasteiger partial charge in [0, 0.05) is 13.2 Å². The van der Waals surface area contributed by atoms with E-state index in [1.165, 1.54) is 7.11 Å². The minimum absolute atomic E-state index is 0.0593. The lowest BCUT2D eigenvalue weighted by Crippen LogP contribution is -2.42. The van der Waals surface area contributed by atoms with Gasteiger partial charge in [0.05, 0.1) is 12.3 Å². The van der Waals surface area contributed by atoms with Crippen molar-refractivity contribution in [3.05, 3.63) is 11.4 Å². The van der Waals surface area contributed by atoms with Gasteiger partial charge in [0.1, 0.15) is 6.54 Å². The Bertz CT molecular complexity index is 565. The minimum atomic E-state index is -1.26. The van der Waals surface area contributed by atoms with Crippen LogP contribution in [0.5, 0.6) is 0 Å². The molecule has 0 aliphatic heterocycles. The SMILES string of the molecule is COCc1c(C(=O)O)nnn1CC(=O)NC(=O)NC1CC1. The number of amides is 3. The molecule has 1 aliphatic carbocycles. The van der Waals surface area contributed by atoms with Crippen LogP contribution < -0.4 is 10.6 Å². The lowest BCUT2D eigenvalue weighted by atomic mass is 10.3. The van der Waals surface area contributed by atoms with Gasteiger partial charge >= 0.3 is 12.0 Å². The molecule has 1 aromatic heterocycles. The number of aromatic carboxylic acids is 1. The van der Waals surface area contributed by atoms with Crippen LogP contribution >= 0.6 is 0 Å². The Labute approximate surface area is 119 Å². The molecule has 114 valence electrons. The van der Waals surface area contributed by atoms with E-state index in [1.54, 1.807) is 0 Å². The van der Waals surface area contributed by atoms with Gasteiger partial charge in [-0.2, -0.15) is 0 Å². The number of nitrogens with one attached hydrogen (secondary N) is 2. The van der Waals surface area contributed by atoms with Crippen LogP contribution in [0.25, 0.3) is 0 Å². The van der Waals surface area contributed by atoms with Gasteiger partial charge in [-0.3, -0.25) is 10.1 Å². The van der Waals surface area contributed by atoms with Gasteiger partial charge in [0.25, 0.3) is 0 Å². The third-order valence-electron chi connectivity index (χ3n) is 2.78. The van der Waals surface area contributed by atoms with Crippen molar-refractivity contribution < 1.29 is 24.2 Å². The number of nitrogens with zero attached hydrogens (tertiary/aromatic N) is 3. The van der Waals surface area contributed by atoms with Gasteiger partial charge < -0.3 is 15.2 Å². The highest BCUT2D eigenvalue weighted by atomic mass is 16.5. The van der Waals surface area contributed by atoms with Gasteiger partial charge in [-0.05, 0) is 12.8 Å². The molecule has 3 amide bonds. The number of rotatable bonds is 6. The van der Waals surface area contributed by atoms with Crippen LogP contribution in [0.4, 0.5) is 4.79 Å². The number of carboxylic acid groups (broad SMARTS) is 1. The summed E-state index contributed by atoms with van der Waals surface area (Å²) < 4.78 is 5.96. The number of urea groups is 1. The van der Waals surface area contributed by atoms with E-state index >= 15 is 0 Å². The third-order valence-corrected chi connectivity index (χ3v) is 2.78. The zero-order valence-corrected chi connectivity index (χ0v) is 11.3. The van der Waals surface area contributed by atoms with Gasteiger partial charge in [-0.1, -0.05) is 5.21 Å². The lowest BCUT2D eigenvalue weighted by Gasteiger charge is -2.07. The Kier molecular flexibility index (Phi) is 4.48. The standard InChI is InChI=1S/C11H15N5O5/c1-21-5-7-9(10(18)19)14-15-16(7)4-8(17)13-11(20)12-6-2-3-6/h6H,2-5H2,1H3,(H,18,19)(H2,12,13,17,20). The average Bonchev–Trinajstić information content (AvgIpc) is 3.11. The highest BCUT2D eigenvalue weighted by molar-refractivity contribution is 5.94. The fraction of sp³-hybridized carbons (Fsp3) is 0.545. The average molecular weight is 297 g/mol. The summed E-state index contributed by atoms with van der Waals surface area (Å²) in [5, 5.41) is 20.8. The Balaban J connectivity index is 1.98. The normalized spacial score (nSPS) is 13.8. The number of imide groups is 1. The first kappa shape index (κ1) is 14.9. The molecular weight excluding hydrogens is 282 g/mol. The van der Waals surface area contributed by atoms with E-state index in [9.17, 15) is 14.4 Å². The van der Waals surface area contributed by atoms with Crippen molar-refractivity contribution in [2.24, 2.45) is 0 Å². The molecule has 0 aromatic carbocycles. The molecule has 1 aromatic rings. The van der Waals surface area contributed by atoms with Gasteiger partial charge in [0.15, 0.2) is 5.69 Å². The highest BCUT2D eigenvalue weighted by Gasteiger charge is 2.25. The Morgan fingerprint density at radius 1 is 1.43 bits per heavy atom. The van der Waals surface area contributed by atoms with E-state index in [0.717, 1.165) is 17.5 Å². The fourth-order valence-electron chi connectivity index (χ4n) is 1.66. The van der Waals surface area contributed by atoms with E-state index in [2.05, 4.69) is 20.9 Å². The smallest absolute Gasteiger partial charge is 0.358 e. The minimum Gasteiger partial charge on any atom is -0.476 e. The van der Waals surface area contributed by atoms with Crippen LogP contribution in [-0.4, -0.2) is 51.2 Å². The highest BCUT2D eigenvalue weighted by Crippen LogP contribution is 2.18. The van der Waals surface area contributed by atoms with E-state index in [0.29, 0.717) is 0 Å². The number of carbonyl (C=O) groups excluding carboxylic acids is 2. The van der Waals surface area contributed by atoms with Gasteiger partial charge in [-0.15, -0.1) is 5.10 Å². The van der Waals surface area contributed by atoms with Crippen LogP contribution in [-0.2, 0) is 22.7 Å². The molecule has 2 rings (SSSR count). The second-order valence-corrected chi connectivity index (χ2v) is 4.58. The second kappa shape index (κ2) is 6.31. The summed E-state index contributed by atoms with van der Waals surface area (Å²) in [6.07, 6.45) is 1.81. The number of carbonyl (C=O) groups is 3. The van der Waals surface area contributed by atoms with Crippen LogP contribution in [0.1, 0.15) is 29.0 Å². The number of carboxylic acids is 1. The topological polar surface area (TPSA) is 135 Å². The van der Waals surface area contributed by atoms with Crippen LogP contribution in [0.3, 0.4) is 0 Å². The molecule has 1 aliphatic rings. The van der Waals surface area contributed by atoms with Crippen molar-refractivity contribution in [1.82, 2.24) is 25.6 Å². The van der Waals surface area contributed by atoms with Crippen LogP contribution in [0, 0.1) is 0 Å². The first-order chi connectivity index (χ1) is 10.0. The van der Waals surface area contributed by atoms with E-state index in [1.807, 2.05) is 0 Å². The molecule has 21 heavy (non-hydrogen) atoms. The van der Waals surface area contributed by atoms with Crippen molar-refractivity contribution in [3.63, 3.8) is 0 Å². The molecule has 1 heterocycles. The Morgan fingerprint density at radius 3 is 2.71 bits per heavy atom. The monoisotopic (exact) mass is 297 g/mol. The Hall–Kier alpha value is -2.49. The Morgan fingerprint density at radius 2 is 2.14 bits per heavy atom. The summed E-state index contributed by atoms with van der Waals surface area (Å²) in [7, 11) is 1.38. The van der Waals surface area contributed by atoms with Crippen molar-refractivity contribution in [1.29, 1.82) is 0 Å². The number of hydrogen-bond acceptors (Lipinski definition) is 6. The number of ether oxygens (including phenoxy) is 1. The predicted octanol–water partition coefficient (Wildman–Crippen LogP) is -0.889. The van der Waals surface area contributed by atoms with Crippen LogP contribution in [0.2, 0.25) is 0 Å². The molecule has 3 N–H and O–H groups in total. The molecule has 0 radical (unpaired) electrons.